The summed E-state index contributed by atoms with van der Waals surface area (Å²) in [5, 5.41) is 3.94. The first-order valence-electron chi connectivity index (χ1n) is 8.92. The summed E-state index contributed by atoms with van der Waals surface area (Å²) in [7, 11) is -0.687. The summed E-state index contributed by atoms with van der Waals surface area (Å²) in [4.78, 5) is 0. The van der Waals surface area contributed by atoms with Gasteiger partial charge < -0.3 is 4.74 Å². The van der Waals surface area contributed by atoms with E-state index < -0.39 is 7.92 Å². The van der Waals surface area contributed by atoms with Crippen LogP contribution in [0.2, 0.25) is 0 Å². The predicted molar refractivity (Wildman–Crippen MR) is 115 cm³/mol. The zero-order valence-electron chi connectivity index (χ0n) is 15.9. The average Bonchev–Trinajstić information content (AvgIpc) is 2.68. The lowest BCUT2D eigenvalue weighted by molar-refractivity contribution is 0.480. The molecule has 1 nitrogen and oxygen atoms in total. The summed E-state index contributed by atoms with van der Waals surface area (Å²) >= 11 is 0. The SMILES string of the molecule is CC=COc1c(P(c2ccccc2)c2ccccc2)cc(C)c(C)c1C. The first-order valence-corrected chi connectivity index (χ1v) is 10.3. The van der Waals surface area contributed by atoms with Gasteiger partial charge in [-0.05, 0) is 69.0 Å². The Bertz CT molecular complexity index is 859. The molecule has 0 radical (unpaired) electrons. The van der Waals surface area contributed by atoms with Gasteiger partial charge in [0, 0.05) is 5.30 Å². The number of aryl methyl sites for hydroxylation is 1. The van der Waals surface area contributed by atoms with E-state index in [0.29, 0.717) is 0 Å². The van der Waals surface area contributed by atoms with E-state index in [1.165, 1.54) is 32.6 Å². The van der Waals surface area contributed by atoms with E-state index >= 15 is 0 Å². The highest BCUT2D eigenvalue weighted by atomic mass is 31.1. The molecule has 0 N–H and O–H groups in total. The Morgan fingerprint density at radius 1 is 0.769 bits per heavy atom. The van der Waals surface area contributed by atoms with Crippen molar-refractivity contribution in [3.8, 4) is 5.75 Å². The Balaban J connectivity index is 2.28. The van der Waals surface area contributed by atoms with Crippen LogP contribution in [0.5, 0.6) is 5.75 Å². The van der Waals surface area contributed by atoms with Gasteiger partial charge >= 0.3 is 0 Å². The van der Waals surface area contributed by atoms with Crippen molar-refractivity contribution in [2.75, 3.05) is 0 Å². The molecule has 0 aliphatic heterocycles. The quantitative estimate of drug-likeness (QED) is 0.444. The lowest BCUT2D eigenvalue weighted by atomic mass is 10.0. The standard InChI is InChI=1S/C24H25OP/c1-5-16-25-24-20(4)19(3)18(2)17-23(24)26(21-12-8-6-9-13-21)22-14-10-7-11-15-22/h5-17H,1-4H3. The first-order chi connectivity index (χ1) is 12.6. The Labute approximate surface area is 158 Å². The number of hydrogen-bond acceptors (Lipinski definition) is 1. The van der Waals surface area contributed by atoms with Crippen LogP contribution in [0.3, 0.4) is 0 Å². The van der Waals surface area contributed by atoms with E-state index in [0.717, 1.165) is 5.75 Å². The van der Waals surface area contributed by atoms with Gasteiger partial charge in [0.15, 0.2) is 0 Å². The second-order valence-corrected chi connectivity index (χ2v) is 8.57. The van der Waals surface area contributed by atoms with Crippen molar-refractivity contribution in [2.24, 2.45) is 0 Å². The third-order valence-corrected chi connectivity index (χ3v) is 7.12. The fourth-order valence-corrected chi connectivity index (χ4v) is 5.61. The minimum atomic E-state index is -0.687. The molecule has 0 spiro atoms. The summed E-state index contributed by atoms with van der Waals surface area (Å²) in [6, 6.07) is 23.8. The van der Waals surface area contributed by atoms with Crippen LogP contribution in [0, 0.1) is 20.8 Å². The predicted octanol–water partition coefficient (Wildman–Crippen LogP) is 5.28. The van der Waals surface area contributed by atoms with Crippen molar-refractivity contribution in [2.45, 2.75) is 27.7 Å². The van der Waals surface area contributed by atoms with E-state index in [4.69, 9.17) is 4.74 Å². The zero-order chi connectivity index (χ0) is 18.5. The molecular weight excluding hydrogens is 335 g/mol. The number of hydrogen-bond donors (Lipinski definition) is 0. The molecule has 0 heterocycles. The van der Waals surface area contributed by atoms with Gasteiger partial charge in [-0.15, -0.1) is 0 Å². The number of ether oxygens (including phenoxy) is 1. The van der Waals surface area contributed by atoms with Crippen molar-refractivity contribution in [1.82, 2.24) is 0 Å². The van der Waals surface area contributed by atoms with Crippen molar-refractivity contribution >= 4 is 23.8 Å². The maximum Gasteiger partial charge on any atom is 0.138 e. The largest absolute Gasteiger partial charge is 0.464 e. The maximum atomic E-state index is 6.11. The summed E-state index contributed by atoms with van der Waals surface area (Å²) in [5.41, 5.74) is 3.83. The van der Waals surface area contributed by atoms with Crippen LogP contribution in [0.15, 0.2) is 79.1 Å². The molecule has 0 bridgehead atoms. The molecule has 0 aliphatic rings. The molecule has 0 saturated carbocycles. The van der Waals surface area contributed by atoms with Gasteiger partial charge in [0.1, 0.15) is 5.75 Å². The van der Waals surface area contributed by atoms with Gasteiger partial charge in [-0.25, -0.2) is 0 Å². The van der Waals surface area contributed by atoms with E-state index in [2.05, 4.69) is 87.5 Å². The summed E-state index contributed by atoms with van der Waals surface area (Å²) in [6.07, 6.45) is 3.72. The topological polar surface area (TPSA) is 9.23 Å². The van der Waals surface area contributed by atoms with Crippen molar-refractivity contribution in [3.05, 3.63) is 95.8 Å². The molecule has 0 aliphatic carbocycles. The van der Waals surface area contributed by atoms with Crippen molar-refractivity contribution in [3.63, 3.8) is 0 Å². The zero-order valence-corrected chi connectivity index (χ0v) is 16.8. The van der Waals surface area contributed by atoms with Gasteiger partial charge in [-0.2, -0.15) is 0 Å². The third-order valence-electron chi connectivity index (χ3n) is 4.67. The van der Waals surface area contributed by atoms with E-state index in [9.17, 15) is 0 Å². The normalized spacial score (nSPS) is 11.3. The molecule has 3 rings (SSSR count). The monoisotopic (exact) mass is 360 g/mol. The molecule has 0 amide bonds. The molecule has 3 aromatic rings. The van der Waals surface area contributed by atoms with Gasteiger partial charge in [0.2, 0.25) is 0 Å². The highest BCUT2D eigenvalue weighted by Gasteiger charge is 2.23. The molecule has 0 unspecified atom stereocenters. The summed E-state index contributed by atoms with van der Waals surface area (Å²) in [6.45, 7) is 8.50. The van der Waals surface area contributed by atoms with Gasteiger partial charge in [-0.1, -0.05) is 66.7 Å². The molecule has 2 heteroatoms. The molecule has 0 saturated heterocycles. The van der Waals surface area contributed by atoms with Crippen molar-refractivity contribution in [1.29, 1.82) is 0 Å². The Morgan fingerprint density at radius 2 is 1.31 bits per heavy atom. The van der Waals surface area contributed by atoms with Crippen LogP contribution in [-0.2, 0) is 0 Å². The van der Waals surface area contributed by atoms with Crippen LogP contribution in [0.1, 0.15) is 23.6 Å². The minimum Gasteiger partial charge on any atom is -0.464 e. The second-order valence-electron chi connectivity index (χ2n) is 6.39. The second kappa shape index (κ2) is 8.34. The van der Waals surface area contributed by atoms with Crippen LogP contribution in [0.25, 0.3) is 0 Å². The number of benzene rings is 3. The summed E-state index contributed by atoms with van der Waals surface area (Å²) < 4.78 is 6.11. The van der Waals surface area contributed by atoms with E-state index in [1.807, 2.05) is 13.0 Å². The molecule has 3 aromatic carbocycles. The Kier molecular flexibility index (Phi) is 5.91. The average molecular weight is 360 g/mol. The highest BCUT2D eigenvalue weighted by molar-refractivity contribution is 7.80. The Morgan fingerprint density at radius 3 is 1.81 bits per heavy atom. The Hall–Kier alpha value is -2.37. The third kappa shape index (κ3) is 3.74. The number of allylic oxidation sites excluding steroid dienone is 1. The lowest BCUT2D eigenvalue weighted by Gasteiger charge is -2.24. The molecule has 0 fully saturated rings. The summed E-state index contributed by atoms with van der Waals surface area (Å²) in [5.74, 6) is 0.991. The van der Waals surface area contributed by atoms with Crippen LogP contribution >= 0.6 is 7.92 Å². The number of rotatable bonds is 5. The molecule has 132 valence electrons. The van der Waals surface area contributed by atoms with E-state index in [1.54, 1.807) is 6.26 Å². The van der Waals surface area contributed by atoms with Crippen LogP contribution in [0.4, 0.5) is 0 Å². The molecule has 26 heavy (non-hydrogen) atoms. The minimum absolute atomic E-state index is 0.687. The smallest absolute Gasteiger partial charge is 0.138 e. The fourth-order valence-electron chi connectivity index (χ4n) is 3.07. The van der Waals surface area contributed by atoms with Gasteiger partial charge in [0.25, 0.3) is 0 Å². The van der Waals surface area contributed by atoms with Crippen molar-refractivity contribution < 1.29 is 4.74 Å². The maximum absolute atomic E-state index is 6.11. The molecule has 0 aromatic heterocycles. The highest BCUT2D eigenvalue weighted by Crippen LogP contribution is 2.39. The van der Waals surface area contributed by atoms with Crippen LogP contribution < -0.4 is 20.7 Å². The van der Waals surface area contributed by atoms with Crippen LogP contribution in [-0.4, -0.2) is 0 Å². The van der Waals surface area contributed by atoms with Gasteiger partial charge in [-0.3, -0.25) is 0 Å². The lowest BCUT2D eigenvalue weighted by Crippen LogP contribution is -2.23. The van der Waals surface area contributed by atoms with E-state index in [-0.39, 0.29) is 0 Å². The first kappa shape index (κ1) is 18.4. The van der Waals surface area contributed by atoms with Gasteiger partial charge in [0.05, 0.1) is 6.26 Å². The fraction of sp³-hybridized carbons (Fsp3) is 0.167. The molecule has 0 atom stereocenters. The molecular formula is C24H25OP.